The molecule has 1 aromatic carbocycles. The van der Waals surface area contributed by atoms with Crippen molar-refractivity contribution in [1.29, 1.82) is 0 Å². The Morgan fingerprint density at radius 3 is 2.81 bits per heavy atom. The molecule has 0 bridgehead atoms. The minimum absolute atomic E-state index is 0.0198. The molecule has 0 radical (unpaired) electrons. The number of pyridine rings is 1. The fourth-order valence-corrected chi connectivity index (χ4v) is 2.10. The van der Waals surface area contributed by atoms with Gasteiger partial charge >= 0.3 is 0 Å². The first-order valence-electron chi connectivity index (χ1n) is 5.24. The number of fused-ring (bicyclic) bond motifs is 3. The first-order valence-corrected chi connectivity index (χ1v) is 5.24. The van der Waals surface area contributed by atoms with E-state index in [0.29, 0.717) is 5.52 Å². The molecule has 3 heteroatoms. The molecule has 80 valence electrons. The van der Waals surface area contributed by atoms with Gasteiger partial charge in [0.05, 0.1) is 0 Å². The Bertz CT molecular complexity index is 750. The molecule has 16 heavy (non-hydrogen) atoms. The van der Waals surface area contributed by atoms with E-state index >= 15 is 0 Å². The Hall–Kier alpha value is -2.03. The van der Waals surface area contributed by atoms with Crippen molar-refractivity contribution in [2.75, 3.05) is 0 Å². The maximum absolute atomic E-state index is 11.9. The molecule has 1 N–H and O–H groups in total. The number of rotatable bonds is 0. The summed E-state index contributed by atoms with van der Waals surface area (Å²) in [5.41, 5.74) is 2.93. The molecule has 3 aromatic rings. The van der Waals surface area contributed by atoms with Crippen LogP contribution in [0.25, 0.3) is 21.8 Å². The molecule has 0 saturated carbocycles. The van der Waals surface area contributed by atoms with E-state index < -0.39 is 0 Å². The van der Waals surface area contributed by atoms with Gasteiger partial charge in [-0.2, -0.15) is 0 Å². The van der Waals surface area contributed by atoms with Gasteiger partial charge in [0.2, 0.25) is 0 Å². The number of hydrogen-bond donors (Lipinski definition) is 1. The van der Waals surface area contributed by atoms with E-state index in [4.69, 9.17) is 0 Å². The topological polar surface area (TPSA) is 37.8 Å². The van der Waals surface area contributed by atoms with Crippen molar-refractivity contribution in [2.24, 2.45) is 7.05 Å². The number of aryl methyl sites for hydroxylation is 2. The van der Waals surface area contributed by atoms with Crippen molar-refractivity contribution >= 4 is 21.8 Å². The van der Waals surface area contributed by atoms with Gasteiger partial charge in [0.15, 0.2) is 0 Å². The van der Waals surface area contributed by atoms with Crippen molar-refractivity contribution in [1.82, 2.24) is 9.55 Å². The lowest BCUT2D eigenvalue weighted by molar-refractivity contribution is 0.871. The van der Waals surface area contributed by atoms with Crippen molar-refractivity contribution in [3.8, 4) is 0 Å². The fourth-order valence-electron chi connectivity index (χ4n) is 2.10. The molecule has 3 rings (SSSR count). The molecule has 0 saturated heterocycles. The summed E-state index contributed by atoms with van der Waals surface area (Å²) in [6.07, 6.45) is 1.81. The van der Waals surface area contributed by atoms with Crippen molar-refractivity contribution in [3.05, 3.63) is 46.4 Å². The molecule has 0 aliphatic heterocycles. The molecule has 0 spiro atoms. The zero-order chi connectivity index (χ0) is 11.3. The van der Waals surface area contributed by atoms with Crippen molar-refractivity contribution in [3.63, 3.8) is 0 Å². The third-order valence-corrected chi connectivity index (χ3v) is 2.99. The summed E-state index contributed by atoms with van der Waals surface area (Å²) in [7, 11) is 1.76. The number of nitrogens with zero attached hydrogens (tertiary/aromatic N) is 1. The molecule has 0 fully saturated rings. The molecule has 0 unspecified atom stereocenters. The maximum Gasteiger partial charge on any atom is 0.274 e. The van der Waals surface area contributed by atoms with Crippen LogP contribution in [-0.2, 0) is 7.05 Å². The summed E-state index contributed by atoms with van der Waals surface area (Å²) in [4.78, 5) is 15.1. The van der Waals surface area contributed by atoms with Crippen molar-refractivity contribution < 1.29 is 0 Å². The third-order valence-electron chi connectivity index (χ3n) is 2.99. The highest BCUT2D eigenvalue weighted by Gasteiger charge is 2.07. The second kappa shape index (κ2) is 2.98. The zero-order valence-electron chi connectivity index (χ0n) is 9.24. The highest BCUT2D eigenvalue weighted by Crippen LogP contribution is 2.23. The standard InChI is InChI=1S/C13H12N2O/c1-8-3-4-11-10(7-8)9-5-6-15(2)13(16)12(9)14-11/h3-7,14H,1-2H3. The average molecular weight is 212 g/mol. The van der Waals surface area contributed by atoms with Gasteiger partial charge in [-0.3, -0.25) is 4.79 Å². The minimum Gasteiger partial charge on any atom is -0.350 e. The quantitative estimate of drug-likeness (QED) is 0.610. The summed E-state index contributed by atoms with van der Waals surface area (Å²) in [5.74, 6) is 0. The van der Waals surface area contributed by atoms with Crippen LogP contribution >= 0.6 is 0 Å². The average Bonchev–Trinajstić information content (AvgIpc) is 2.62. The van der Waals surface area contributed by atoms with E-state index in [1.165, 1.54) is 5.56 Å². The van der Waals surface area contributed by atoms with Crippen LogP contribution in [0, 0.1) is 6.92 Å². The highest BCUT2D eigenvalue weighted by molar-refractivity contribution is 6.06. The van der Waals surface area contributed by atoms with Crippen LogP contribution in [-0.4, -0.2) is 9.55 Å². The van der Waals surface area contributed by atoms with Crippen LogP contribution in [0.1, 0.15) is 5.56 Å². The summed E-state index contributed by atoms with van der Waals surface area (Å²) in [6, 6.07) is 8.15. The Labute approximate surface area is 92.3 Å². The van der Waals surface area contributed by atoms with Gasteiger partial charge in [-0.25, -0.2) is 0 Å². The second-order valence-corrected chi connectivity index (χ2v) is 4.19. The lowest BCUT2D eigenvalue weighted by Gasteiger charge is -1.96. The van der Waals surface area contributed by atoms with Crippen LogP contribution in [0.4, 0.5) is 0 Å². The largest absolute Gasteiger partial charge is 0.350 e. The van der Waals surface area contributed by atoms with E-state index in [0.717, 1.165) is 16.3 Å². The molecule has 0 amide bonds. The minimum atomic E-state index is 0.0198. The number of nitrogens with one attached hydrogen (secondary N) is 1. The zero-order valence-corrected chi connectivity index (χ0v) is 9.24. The summed E-state index contributed by atoms with van der Waals surface area (Å²) in [5, 5.41) is 2.12. The molecule has 0 aliphatic carbocycles. The Morgan fingerprint density at radius 1 is 1.19 bits per heavy atom. The van der Waals surface area contributed by atoms with Crippen LogP contribution in [0.15, 0.2) is 35.3 Å². The Morgan fingerprint density at radius 2 is 2.00 bits per heavy atom. The summed E-state index contributed by atoms with van der Waals surface area (Å²) < 4.78 is 1.59. The predicted molar refractivity (Wildman–Crippen MR) is 65.8 cm³/mol. The third kappa shape index (κ3) is 1.11. The molecule has 2 aromatic heterocycles. The maximum atomic E-state index is 11.9. The molecular formula is C13H12N2O. The molecule has 2 heterocycles. The van der Waals surface area contributed by atoms with Gasteiger partial charge in [0.25, 0.3) is 5.56 Å². The first-order chi connectivity index (χ1) is 7.66. The van der Waals surface area contributed by atoms with Crippen LogP contribution < -0.4 is 5.56 Å². The summed E-state index contributed by atoms with van der Waals surface area (Å²) >= 11 is 0. The summed E-state index contributed by atoms with van der Waals surface area (Å²) in [6.45, 7) is 2.05. The fraction of sp³-hybridized carbons (Fsp3) is 0.154. The lowest BCUT2D eigenvalue weighted by Crippen LogP contribution is -2.15. The van der Waals surface area contributed by atoms with Gasteiger partial charge in [0, 0.05) is 29.5 Å². The van der Waals surface area contributed by atoms with E-state index in [-0.39, 0.29) is 5.56 Å². The van der Waals surface area contributed by atoms with Gasteiger partial charge < -0.3 is 9.55 Å². The highest BCUT2D eigenvalue weighted by atomic mass is 16.1. The number of H-pyrrole nitrogens is 1. The molecular weight excluding hydrogens is 200 g/mol. The van der Waals surface area contributed by atoms with Gasteiger partial charge in [0.1, 0.15) is 5.52 Å². The number of aromatic nitrogens is 2. The second-order valence-electron chi connectivity index (χ2n) is 4.19. The Kier molecular flexibility index (Phi) is 1.72. The van der Waals surface area contributed by atoms with E-state index in [9.17, 15) is 4.79 Å². The van der Waals surface area contributed by atoms with E-state index in [1.54, 1.807) is 17.8 Å². The van der Waals surface area contributed by atoms with Gasteiger partial charge in [-0.05, 0) is 25.1 Å². The predicted octanol–water partition coefficient (Wildman–Crippen LogP) is 2.33. The van der Waals surface area contributed by atoms with E-state index in [2.05, 4.69) is 18.0 Å². The van der Waals surface area contributed by atoms with Crippen LogP contribution in [0.5, 0.6) is 0 Å². The monoisotopic (exact) mass is 212 g/mol. The normalized spacial score (nSPS) is 11.4. The number of aromatic amines is 1. The smallest absolute Gasteiger partial charge is 0.274 e. The molecule has 3 nitrogen and oxygen atoms in total. The van der Waals surface area contributed by atoms with Gasteiger partial charge in [-0.15, -0.1) is 0 Å². The van der Waals surface area contributed by atoms with Crippen molar-refractivity contribution in [2.45, 2.75) is 6.92 Å². The van der Waals surface area contributed by atoms with E-state index in [1.807, 2.05) is 18.2 Å². The van der Waals surface area contributed by atoms with Crippen LogP contribution in [0.2, 0.25) is 0 Å². The SMILES string of the molecule is Cc1ccc2[nH]c3c(=O)n(C)ccc3c2c1. The van der Waals surface area contributed by atoms with Crippen LogP contribution in [0.3, 0.4) is 0 Å². The lowest BCUT2D eigenvalue weighted by atomic mass is 10.1. The Balaban J connectivity index is 2.61. The molecule has 0 aliphatic rings. The van der Waals surface area contributed by atoms with Gasteiger partial charge in [-0.1, -0.05) is 11.6 Å². The first kappa shape index (κ1) is 9.21. The number of hydrogen-bond acceptors (Lipinski definition) is 1. The number of benzene rings is 1. The molecule has 0 atom stereocenters.